The molecule has 2 aromatic heterocycles. The molecule has 1 saturated heterocycles. The molecule has 0 spiro atoms. The molecule has 0 aliphatic carbocycles. The minimum atomic E-state index is -0.232. The Labute approximate surface area is 148 Å². The highest BCUT2D eigenvalue weighted by molar-refractivity contribution is 5.82. The Kier molecular flexibility index (Phi) is 4.81. The summed E-state index contributed by atoms with van der Waals surface area (Å²) in [7, 11) is 0. The van der Waals surface area contributed by atoms with E-state index in [1.165, 1.54) is 16.5 Å². The predicted molar refractivity (Wildman–Crippen MR) is 100 cm³/mol. The van der Waals surface area contributed by atoms with Crippen LogP contribution in [0.5, 0.6) is 0 Å². The smallest absolute Gasteiger partial charge is 0.0696 e. The topological polar surface area (TPSA) is 52.1 Å². The van der Waals surface area contributed by atoms with E-state index < -0.39 is 0 Å². The van der Waals surface area contributed by atoms with Crippen LogP contribution in [0, 0.1) is 0 Å². The number of aryl methyl sites for hydroxylation is 1. The third-order valence-electron chi connectivity index (χ3n) is 5.37. The number of piperidine rings is 1. The van der Waals surface area contributed by atoms with Gasteiger partial charge in [-0.05, 0) is 49.4 Å². The van der Waals surface area contributed by atoms with Gasteiger partial charge in [0, 0.05) is 30.4 Å². The predicted octanol–water partition coefficient (Wildman–Crippen LogP) is 3.52. The molecular formula is C21H25N3O. The Morgan fingerprint density at radius 1 is 1.20 bits per heavy atom. The van der Waals surface area contributed by atoms with Gasteiger partial charge in [0.15, 0.2) is 0 Å². The van der Waals surface area contributed by atoms with Crippen molar-refractivity contribution in [3.8, 4) is 0 Å². The van der Waals surface area contributed by atoms with Crippen molar-refractivity contribution >= 4 is 10.9 Å². The lowest BCUT2D eigenvalue weighted by Gasteiger charge is -2.39. The zero-order chi connectivity index (χ0) is 17.1. The molecule has 2 unspecified atom stereocenters. The molecule has 4 heteroatoms. The Morgan fingerprint density at radius 3 is 2.96 bits per heavy atom. The summed E-state index contributed by atoms with van der Waals surface area (Å²) in [6.07, 6.45) is 9.55. The molecule has 2 atom stereocenters. The summed E-state index contributed by atoms with van der Waals surface area (Å²) >= 11 is 0. The number of H-pyrrole nitrogens is 1. The number of hydrogen-bond acceptors (Lipinski definition) is 3. The molecule has 0 bridgehead atoms. The number of aromatic nitrogens is 2. The number of benzene rings is 1. The van der Waals surface area contributed by atoms with E-state index in [2.05, 4.69) is 57.5 Å². The van der Waals surface area contributed by atoms with Crippen molar-refractivity contribution in [2.75, 3.05) is 6.54 Å². The van der Waals surface area contributed by atoms with Gasteiger partial charge in [0.1, 0.15) is 0 Å². The first-order chi connectivity index (χ1) is 12.3. The van der Waals surface area contributed by atoms with Crippen LogP contribution >= 0.6 is 0 Å². The second-order valence-electron chi connectivity index (χ2n) is 7.01. The highest BCUT2D eigenvalue weighted by atomic mass is 16.3. The van der Waals surface area contributed by atoms with Crippen LogP contribution in [0.25, 0.3) is 10.9 Å². The van der Waals surface area contributed by atoms with Crippen LogP contribution in [0.3, 0.4) is 0 Å². The maximum atomic E-state index is 10.6. The Morgan fingerprint density at radius 2 is 2.08 bits per heavy atom. The Hall–Kier alpha value is -2.17. The SMILES string of the molecule is OC1CCCN(Cc2c[nH]c3cnccc23)C1CCc1ccccc1. The number of rotatable bonds is 5. The van der Waals surface area contributed by atoms with Crippen molar-refractivity contribution in [1.82, 2.24) is 14.9 Å². The summed E-state index contributed by atoms with van der Waals surface area (Å²) in [6.45, 7) is 1.93. The van der Waals surface area contributed by atoms with Gasteiger partial charge >= 0.3 is 0 Å². The number of likely N-dealkylation sites (tertiary alicyclic amines) is 1. The highest BCUT2D eigenvalue weighted by Gasteiger charge is 2.30. The first-order valence-corrected chi connectivity index (χ1v) is 9.17. The monoisotopic (exact) mass is 335 g/mol. The maximum Gasteiger partial charge on any atom is 0.0696 e. The minimum absolute atomic E-state index is 0.223. The first-order valence-electron chi connectivity index (χ1n) is 9.17. The maximum absolute atomic E-state index is 10.6. The molecule has 0 radical (unpaired) electrons. The zero-order valence-corrected chi connectivity index (χ0v) is 14.4. The van der Waals surface area contributed by atoms with Gasteiger partial charge in [-0.2, -0.15) is 0 Å². The van der Waals surface area contributed by atoms with Crippen molar-refractivity contribution in [2.45, 2.75) is 44.4 Å². The van der Waals surface area contributed by atoms with Crippen LogP contribution < -0.4 is 0 Å². The lowest BCUT2D eigenvalue weighted by molar-refractivity contribution is 0.00288. The summed E-state index contributed by atoms with van der Waals surface area (Å²) < 4.78 is 0. The van der Waals surface area contributed by atoms with Crippen LogP contribution in [-0.2, 0) is 13.0 Å². The van der Waals surface area contributed by atoms with Gasteiger partial charge in [0.05, 0.1) is 17.8 Å². The van der Waals surface area contributed by atoms with E-state index in [1.807, 2.05) is 12.4 Å². The van der Waals surface area contributed by atoms with Crippen LogP contribution in [0.1, 0.15) is 30.4 Å². The van der Waals surface area contributed by atoms with Gasteiger partial charge in [-0.15, -0.1) is 0 Å². The number of aliphatic hydroxyl groups excluding tert-OH is 1. The van der Waals surface area contributed by atoms with Crippen molar-refractivity contribution in [3.63, 3.8) is 0 Å². The molecule has 3 heterocycles. The van der Waals surface area contributed by atoms with Crippen molar-refractivity contribution in [1.29, 1.82) is 0 Å². The number of hydrogen-bond donors (Lipinski definition) is 2. The number of nitrogens with zero attached hydrogens (tertiary/aromatic N) is 2. The van der Waals surface area contributed by atoms with Gasteiger partial charge < -0.3 is 10.1 Å². The van der Waals surface area contributed by atoms with E-state index in [4.69, 9.17) is 0 Å². The molecule has 2 N–H and O–H groups in total. The molecular weight excluding hydrogens is 310 g/mol. The van der Waals surface area contributed by atoms with Crippen molar-refractivity contribution in [3.05, 3.63) is 66.1 Å². The summed E-state index contributed by atoms with van der Waals surface area (Å²) in [4.78, 5) is 9.95. The molecule has 1 aromatic carbocycles. The van der Waals surface area contributed by atoms with Crippen LogP contribution in [-0.4, -0.2) is 38.7 Å². The van der Waals surface area contributed by atoms with E-state index in [-0.39, 0.29) is 12.1 Å². The van der Waals surface area contributed by atoms with Crippen molar-refractivity contribution in [2.24, 2.45) is 0 Å². The Bertz CT molecular complexity index is 814. The van der Waals surface area contributed by atoms with Gasteiger partial charge in [-0.1, -0.05) is 30.3 Å². The van der Waals surface area contributed by atoms with Gasteiger partial charge in [0.25, 0.3) is 0 Å². The first kappa shape index (κ1) is 16.3. The fraction of sp³-hybridized carbons (Fsp3) is 0.381. The van der Waals surface area contributed by atoms with E-state index in [0.29, 0.717) is 0 Å². The van der Waals surface area contributed by atoms with E-state index in [1.54, 1.807) is 0 Å². The van der Waals surface area contributed by atoms with Crippen LogP contribution in [0.4, 0.5) is 0 Å². The molecule has 130 valence electrons. The number of fused-ring (bicyclic) bond motifs is 1. The number of nitrogens with one attached hydrogen (secondary N) is 1. The van der Waals surface area contributed by atoms with E-state index in [0.717, 1.165) is 44.3 Å². The summed E-state index contributed by atoms with van der Waals surface area (Å²) in [5, 5.41) is 11.8. The molecule has 1 aliphatic heterocycles. The van der Waals surface area contributed by atoms with Crippen LogP contribution in [0.2, 0.25) is 0 Å². The van der Waals surface area contributed by atoms with Gasteiger partial charge in [-0.25, -0.2) is 0 Å². The molecule has 4 rings (SSSR count). The lowest BCUT2D eigenvalue weighted by Crippen LogP contribution is -2.47. The number of aromatic amines is 1. The molecule has 0 saturated carbocycles. The minimum Gasteiger partial charge on any atom is -0.391 e. The zero-order valence-electron chi connectivity index (χ0n) is 14.4. The summed E-state index contributed by atoms with van der Waals surface area (Å²) in [5.41, 5.74) is 3.71. The fourth-order valence-electron chi connectivity index (χ4n) is 4.02. The average Bonchev–Trinajstić information content (AvgIpc) is 3.05. The molecule has 1 aliphatic rings. The van der Waals surface area contributed by atoms with Crippen LogP contribution in [0.15, 0.2) is 55.0 Å². The van der Waals surface area contributed by atoms with E-state index >= 15 is 0 Å². The summed E-state index contributed by atoms with van der Waals surface area (Å²) in [5.74, 6) is 0. The summed E-state index contributed by atoms with van der Waals surface area (Å²) in [6, 6.07) is 12.9. The lowest BCUT2D eigenvalue weighted by atomic mass is 9.92. The third kappa shape index (κ3) is 3.60. The normalized spacial score (nSPS) is 21.6. The molecule has 4 nitrogen and oxygen atoms in total. The van der Waals surface area contributed by atoms with Gasteiger partial charge in [-0.3, -0.25) is 9.88 Å². The second kappa shape index (κ2) is 7.38. The molecule has 25 heavy (non-hydrogen) atoms. The quantitative estimate of drug-likeness (QED) is 0.750. The van der Waals surface area contributed by atoms with Crippen molar-refractivity contribution < 1.29 is 5.11 Å². The number of pyridine rings is 1. The average molecular weight is 335 g/mol. The fourth-order valence-corrected chi connectivity index (χ4v) is 4.02. The second-order valence-corrected chi connectivity index (χ2v) is 7.01. The largest absolute Gasteiger partial charge is 0.391 e. The standard InChI is InChI=1S/C21H25N3O/c25-21-7-4-12-24(20(21)9-8-16-5-2-1-3-6-16)15-17-13-23-19-14-22-11-10-18(17)19/h1-3,5-6,10-11,13-14,20-21,23,25H,4,7-9,12,15H2. The molecule has 1 fully saturated rings. The molecule has 3 aromatic rings. The Balaban J connectivity index is 1.49. The number of aliphatic hydroxyl groups is 1. The third-order valence-corrected chi connectivity index (χ3v) is 5.37. The van der Waals surface area contributed by atoms with Gasteiger partial charge in [0.2, 0.25) is 0 Å². The van der Waals surface area contributed by atoms with E-state index in [9.17, 15) is 5.11 Å². The molecule has 0 amide bonds. The highest BCUT2D eigenvalue weighted by Crippen LogP contribution is 2.26.